The molecule has 0 bridgehead atoms. The molecule has 0 aromatic heterocycles. The van der Waals surface area contributed by atoms with Crippen LogP contribution >= 0.6 is 0 Å². The number of rotatable bonds is 4. The average molecular weight is 385 g/mol. The van der Waals surface area contributed by atoms with Crippen molar-refractivity contribution < 1.29 is 23.8 Å². The van der Waals surface area contributed by atoms with Crippen molar-refractivity contribution in [2.75, 3.05) is 21.3 Å². The predicted octanol–water partition coefficient (Wildman–Crippen LogP) is 3.69. The van der Waals surface area contributed by atoms with Gasteiger partial charge >= 0.3 is 5.97 Å². The second-order valence-electron chi connectivity index (χ2n) is 8.15. The Morgan fingerprint density at radius 1 is 1.11 bits per heavy atom. The fourth-order valence-electron chi connectivity index (χ4n) is 4.28. The summed E-state index contributed by atoms with van der Waals surface area (Å²) in [6.07, 6.45) is 1.13. The summed E-state index contributed by atoms with van der Waals surface area (Å²) in [5.74, 6) is -0.321. The first kappa shape index (κ1) is 20.1. The summed E-state index contributed by atoms with van der Waals surface area (Å²) in [6.45, 7) is 5.96. The average Bonchev–Trinajstić information content (AvgIpc) is 2.64. The number of methoxy groups -OCH3 is 3. The fraction of sp³-hybridized carbons (Fsp3) is 0.500. The maximum atomic E-state index is 13.1. The molecule has 1 heterocycles. The van der Waals surface area contributed by atoms with Crippen molar-refractivity contribution in [1.29, 1.82) is 0 Å². The maximum Gasteiger partial charge on any atom is 0.315 e. The summed E-state index contributed by atoms with van der Waals surface area (Å²) in [4.78, 5) is 30.5. The molecule has 2 atom stereocenters. The highest BCUT2D eigenvalue weighted by atomic mass is 16.5. The van der Waals surface area contributed by atoms with Gasteiger partial charge < -0.3 is 14.2 Å². The van der Waals surface area contributed by atoms with E-state index in [1.54, 1.807) is 20.3 Å². The van der Waals surface area contributed by atoms with Crippen molar-refractivity contribution in [3.63, 3.8) is 0 Å². The van der Waals surface area contributed by atoms with Gasteiger partial charge in [0.2, 0.25) is 0 Å². The summed E-state index contributed by atoms with van der Waals surface area (Å²) in [7, 11) is 4.49. The van der Waals surface area contributed by atoms with Gasteiger partial charge in [0.05, 0.1) is 21.3 Å². The minimum atomic E-state index is -0.646. The van der Waals surface area contributed by atoms with E-state index in [-0.39, 0.29) is 11.2 Å². The molecule has 0 radical (unpaired) electrons. The molecular formula is C22H27NO5. The molecule has 1 aromatic carbocycles. The lowest BCUT2D eigenvalue weighted by Gasteiger charge is -2.38. The molecule has 0 N–H and O–H groups in total. The van der Waals surface area contributed by atoms with E-state index in [0.717, 1.165) is 11.3 Å². The van der Waals surface area contributed by atoms with Gasteiger partial charge in [-0.05, 0) is 36.5 Å². The van der Waals surface area contributed by atoms with E-state index in [0.29, 0.717) is 35.6 Å². The Kier molecular flexibility index (Phi) is 5.33. The van der Waals surface area contributed by atoms with Gasteiger partial charge in [-0.3, -0.25) is 14.6 Å². The molecule has 0 fully saturated rings. The van der Waals surface area contributed by atoms with Crippen LogP contribution in [0, 0.1) is 11.3 Å². The van der Waals surface area contributed by atoms with Crippen LogP contribution in [-0.4, -0.2) is 38.8 Å². The lowest BCUT2D eigenvalue weighted by Crippen LogP contribution is -2.39. The van der Waals surface area contributed by atoms with Gasteiger partial charge in [-0.1, -0.05) is 19.9 Å². The number of ketones is 1. The van der Waals surface area contributed by atoms with Crippen LogP contribution in [0.15, 0.2) is 34.5 Å². The fourth-order valence-corrected chi connectivity index (χ4v) is 4.28. The van der Waals surface area contributed by atoms with E-state index in [1.165, 1.54) is 7.11 Å². The maximum absolute atomic E-state index is 13.1. The Labute approximate surface area is 165 Å². The van der Waals surface area contributed by atoms with Gasteiger partial charge in [0, 0.05) is 29.3 Å². The molecule has 28 heavy (non-hydrogen) atoms. The van der Waals surface area contributed by atoms with E-state index in [1.807, 2.05) is 19.1 Å². The lowest BCUT2D eigenvalue weighted by atomic mass is 9.67. The third kappa shape index (κ3) is 3.43. The van der Waals surface area contributed by atoms with Crippen LogP contribution in [0.25, 0.3) is 0 Å². The van der Waals surface area contributed by atoms with Gasteiger partial charge in [0.15, 0.2) is 17.3 Å². The molecule has 6 nitrogen and oxygen atoms in total. The number of aliphatic imine (C=N–C) groups is 1. The number of carbonyl (C=O) groups excluding carboxylic acids is 2. The predicted molar refractivity (Wildman–Crippen MR) is 106 cm³/mol. The smallest absolute Gasteiger partial charge is 0.315 e. The van der Waals surface area contributed by atoms with Gasteiger partial charge in [0.25, 0.3) is 0 Å². The molecule has 6 heteroatoms. The highest BCUT2D eigenvalue weighted by molar-refractivity contribution is 6.09. The SMILES string of the molecule is COC(=O)C1C(C)=NC2=C(C(=O)CC(C)(C)C2)[C@H]1c1ccc(OC)c(OC)c1. The topological polar surface area (TPSA) is 74.2 Å². The molecule has 0 saturated carbocycles. The van der Waals surface area contributed by atoms with Gasteiger partial charge in [-0.15, -0.1) is 0 Å². The van der Waals surface area contributed by atoms with Crippen LogP contribution in [0.4, 0.5) is 0 Å². The molecular weight excluding hydrogens is 358 g/mol. The number of ether oxygens (including phenoxy) is 3. The summed E-state index contributed by atoms with van der Waals surface area (Å²) < 4.78 is 15.8. The number of esters is 1. The van der Waals surface area contributed by atoms with Crippen LogP contribution in [0.5, 0.6) is 11.5 Å². The molecule has 2 aliphatic rings. The quantitative estimate of drug-likeness (QED) is 0.739. The number of hydrogen-bond donors (Lipinski definition) is 0. The van der Waals surface area contributed by atoms with Crippen molar-refractivity contribution in [2.45, 2.75) is 39.5 Å². The highest BCUT2D eigenvalue weighted by Crippen LogP contribution is 2.48. The third-order valence-electron chi connectivity index (χ3n) is 5.52. The molecule has 150 valence electrons. The number of Topliss-reactive ketones (excluding diaryl/α,β-unsaturated/α-hetero) is 1. The number of hydrogen-bond acceptors (Lipinski definition) is 6. The summed E-state index contributed by atoms with van der Waals surface area (Å²) in [5, 5.41) is 0. The minimum Gasteiger partial charge on any atom is -0.493 e. The number of benzene rings is 1. The molecule has 0 saturated heterocycles. The highest BCUT2D eigenvalue weighted by Gasteiger charge is 2.46. The van der Waals surface area contributed by atoms with E-state index in [4.69, 9.17) is 14.2 Å². The normalized spacial score (nSPS) is 23.6. The molecule has 1 aromatic rings. The van der Waals surface area contributed by atoms with Crippen LogP contribution in [0.3, 0.4) is 0 Å². The second-order valence-corrected chi connectivity index (χ2v) is 8.15. The van der Waals surface area contributed by atoms with Crippen molar-refractivity contribution in [3.05, 3.63) is 35.0 Å². The zero-order valence-electron chi connectivity index (χ0n) is 17.3. The zero-order valence-corrected chi connectivity index (χ0v) is 17.3. The zero-order chi connectivity index (χ0) is 20.6. The minimum absolute atomic E-state index is 0.0381. The second kappa shape index (κ2) is 7.41. The van der Waals surface area contributed by atoms with Crippen molar-refractivity contribution in [1.82, 2.24) is 0 Å². The van der Waals surface area contributed by atoms with E-state index < -0.39 is 17.8 Å². The summed E-state index contributed by atoms with van der Waals surface area (Å²) in [5.41, 5.74) is 2.71. The Morgan fingerprint density at radius 2 is 1.79 bits per heavy atom. The Morgan fingerprint density at radius 3 is 2.39 bits per heavy atom. The standard InChI is InChI=1S/C22H27NO5/c1-12-18(21(25)28-6)19(13-7-8-16(26-4)17(9-13)27-5)20-14(23-12)10-22(2,3)11-15(20)24/h7-9,18-19H,10-11H2,1-6H3/t18?,19-/m0/s1. The molecule has 0 amide bonds. The van der Waals surface area contributed by atoms with E-state index in [2.05, 4.69) is 18.8 Å². The van der Waals surface area contributed by atoms with Gasteiger partial charge in [-0.25, -0.2) is 0 Å². The molecule has 1 unspecified atom stereocenters. The summed E-state index contributed by atoms with van der Waals surface area (Å²) in [6, 6.07) is 5.49. The van der Waals surface area contributed by atoms with Gasteiger partial charge in [0.1, 0.15) is 5.92 Å². The van der Waals surface area contributed by atoms with Crippen molar-refractivity contribution in [3.8, 4) is 11.5 Å². The first-order valence-corrected chi connectivity index (χ1v) is 9.33. The number of carbonyl (C=O) groups is 2. The van der Waals surface area contributed by atoms with E-state index in [9.17, 15) is 9.59 Å². The summed E-state index contributed by atoms with van der Waals surface area (Å²) >= 11 is 0. The molecule has 1 aliphatic heterocycles. The van der Waals surface area contributed by atoms with Crippen molar-refractivity contribution >= 4 is 17.5 Å². The Balaban J connectivity index is 2.21. The van der Waals surface area contributed by atoms with Crippen LogP contribution in [0.1, 0.15) is 45.1 Å². The van der Waals surface area contributed by atoms with E-state index >= 15 is 0 Å². The largest absolute Gasteiger partial charge is 0.493 e. The van der Waals surface area contributed by atoms with Crippen LogP contribution in [-0.2, 0) is 14.3 Å². The van der Waals surface area contributed by atoms with Gasteiger partial charge in [-0.2, -0.15) is 0 Å². The first-order chi connectivity index (χ1) is 13.2. The Hall–Kier alpha value is -2.63. The van der Waals surface area contributed by atoms with Crippen LogP contribution < -0.4 is 9.47 Å². The first-order valence-electron chi connectivity index (χ1n) is 9.33. The monoisotopic (exact) mass is 385 g/mol. The number of nitrogens with zero attached hydrogens (tertiary/aromatic N) is 1. The Bertz CT molecular complexity index is 881. The lowest BCUT2D eigenvalue weighted by molar-refractivity contribution is -0.143. The van der Waals surface area contributed by atoms with Crippen LogP contribution in [0.2, 0.25) is 0 Å². The van der Waals surface area contributed by atoms with Crippen molar-refractivity contribution in [2.24, 2.45) is 16.3 Å². The third-order valence-corrected chi connectivity index (χ3v) is 5.52. The molecule has 3 rings (SSSR count). The molecule has 1 aliphatic carbocycles. The number of allylic oxidation sites excluding steroid dienone is 2. The molecule has 0 spiro atoms.